The quantitative estimate of drug-likeness (QED) is 0.591. The summed E-state index contributed by atoms with van der Waals surface area (Å²) in [7, 11) is 0. The first-order valence-corrected chi connectivity index (χ1v) is 2.23. The Bertz CT molecular complexity index is 179. The molecule has 1 aromatic rings. The van der Waals surface area contributed by atoms with Crippen molar-refractivity contribution in [2.45, 2.75) is 6.61 Å². The lowest BCUT2D eigenvalue weighted by atomic mass is 10.4. The smallest absolute Gasteiger partial charge is 0.145 e. The highest BCUT2D eigenvalue weighted by Gasteiger charge is 1.91. The molecule has 0 aromatic carbocycles. The van der Waals surface area contributed by atoms with Crippen LogP contribution in [0.3, 0.4) is 0 Å². The molecule has 0 aliphatic rings. The molecule has 1 rings (SSSR count). The van der Waals surface area contributed by atoms with E-state index in [0.717, 1.165) is 0 Å². The topological polar surface area (TPSA) is 74.9 Å². The number of nitrogens with one attached hydrogen (secondary N) is 1. The Morgan fingerprint density at radius 3 is 2.40 bits per heavy atom. The van der Waals surface area contributed by atoms with Gasteiger partial charge in [-0.2, -0.15) is 5.10 Å². The molecular weight excluding hydrogens is 177 g/mol. The van der Waals surface area contributed by atoms with Crippen LogP contribution in [0.25, 0.3) is 0 Å². The second kappa shape index (κ2) is 5.34. The van der Waals surface area contributed by atoms with E-state index in [0.29, 0.717) is 11.5 Å². The summed E-state index contributed by atoms with van der Waals surface area (Å²) in [6, 6.07) is 1.58. The second-order valence-electron chi connectivity index (χ2n) is 1.48. The molecule has 0 unspecified atom stereocenters. The van der Waals surface area contributed by atoms with Crippen molar-refractivity contribution in [3.8, 4) is 0 Å². The van der Waals surface area contributed by atoms with E-state index in [9.17, 15) is 0 Å². The maximum Gasteiger partial charge on any atom is 0.145 e. The molecule has 1 heterocycles. The van der Waals surface area contributed by atoms with Gasteiger partial charge in [-0.3, -0.25) is 5.10 Å². The number of aliphatic hydroxyl groups excluding tert-OH is 1. The fraction of sp³-hybridized carbons (Fsp3) is 0.250. The number of hydrogen-bond acceptors (Lipinski definition) is 3. The average molecular weight is 186 g/mol. The van der Waals surface area contributed by atoms with E-state index in [4.69, 9.17) is 10.8 Å². The summed E-state index contributed by atoms with van der Waals surface area (Å²) in [5, 5.41) is 14.5. The van der Waals surface area contributed by atoms with Gasteiger partial charge in [0, 0.05) is 6.07 Å². The summed E-state index contributed by atoms with van der Waals surface area (Å²) in [6.45, 7) is -0.0375. The van der Waals surface area contributed by atoms with Crippen LogP contribution >= 0.6 is 24.8 Å². The third-order valence-corrected chi connectivity index (χ3v) is 0.821. The van der Waals surface area contributed by atoms with E-state index in [1.807, 2.05) is 0 Å². The van der Waals surface area contributed by atoms with Crippen LogP contribution in [0, 0.1) is 0 Å². The fourth-order valence-corrected chi connectivity index (χ4v) is 0.460. The maximum atomic E-state index is 8.42. The number of aromatic nitrogens is 2. The third-order valence-electron chi connectivity index (χ3n) is 0.821. The van der Waals surface area contributed by atoms with Crippen LogP contribution in [-0.2, 0) is 6.61 Å². The highest BCUT2D eigenvalue weighted by molar-refractivity contribution is 5.85. The summed E-state index contributed by atoms with van der Waals surface area (Å²) in [5.41, 5.74) is 5.84. The highest BCUT2D eigenvalue weighted by atomic mass is 35.5. The van der Waals surface area contributed by atoms with Gasteiger partial charge in [-0.1, -0.05) is 0 Å². The van der Waals surface area contributed by atoms with Crippen molar-refractivity contribution in [3.05, 3.63) is 11.8 Å². The van der Waals surface area contributed by atoms with Crippen LogP contribution < -0.4 is 5.73 Å². The molecule has 10 heavy (non-hydrogen) atoms. The highest BCUT2D eigenvalue weighted by Crippen LogP contribution is 1.97. The molecule has 0 saturated carbocycles. The standard InChI is InChI=1S/C4H7N3O.2ClH/c5-4-1-3(2-8)6-7-4;;/h1,8H,2H2,(H3,5,6,7);2*1H. The zero-order chi connectivity index (χ0) is 5.98. The van der Waals surface area contributed by atoms with E-state index in [2.05, 4.69) is 10.2 Å². The lowest BCUT2D eigenvalue weighted by molar-refractivity contribution is 0.276. The van der Waals surface area contributed by atoms with Gasteiger partial charge in [0.15, 0.2) is 0 Å². The summed E-state index contributed by atoms with van der Waals surface area (Å²) in [5.74, 6) is 0.411. The van der Waals surface area contributed by atoms with E-state index in [-0.39, 0.29) is 31.4 Å². The molecule has 4 N–H and O–H groups in total. The Hall–Kier alpha value is -0.450. The molecule has 60 valence electrons. The van der Waals surface area contributed by atoms with E-state index in [1.54, 1.807) is 6.07 Å². The Morgan fingerprint density at radius 1 is 1.60 bits per heavy atom. The Labute approximate surface area is 70.6 Å². The predicted molar refractivity (Wildman–Crippen MR) is 43.4 cm³/mol. The van der Waals surface area contributed by atoms with Crippen LogP contribution in [0.15, 0.2) is 6.07 Å². The number of nitrogens with two attached hydrogens (primary N) is 1. The number of rotatable bonds is 1. The average Bonchev–Trinajstić information content (AvgIpc) is 2.14. The Morgan fingerprint density at radius 2 is 2.20 bits per heavy atom. The van der Waals surface area contributed by atoms with Crippen LogP contribution in [0.2, 0.25) is 0 Å². The first-order valence-electron chi connectivity index (χ1n) is 2.23. The van der Waals surface area contributed by atoms with E-state index in [1.165, 1.54) is 0 Å². The van der Waals surface area contributed by atoms with Crippen LogP contribution in [-0.4, -0.2) is 15.3 Å². The molecule has 0 radical (unpaired) electrons. The molecule has 0 amide bonds. The number of anilines is 1. The molecule has 0 saturated heterocycles. The molecule has 0 atom stereocenters. The summed E-state index contributed by atoms with van der Waals surface area (Å²) in [6.07, 6.45) is 0. The van der Waals surface area contributed by atoms with Gasteiger partial charge in [-0.25, -0.2) is 0 Å². The maximum absolute atomic E-state index is 8.42. The van der Waals surface area contributed by atoms with Crippen molar-refractivity contribution in [1.82, 2.24) is 10.2 Å². The normalized spacial score (nSPS) is 7.70. The number of halogens is 2. The van der Waals surface area contributed by atoms with Gasteiger partial charge >= 0.3 is 0 Å². The molecule has 4 nitrogen and oxygen atoms in total. The second-order valence-corrected chi connectivity index (χ2v) is 1.48. The Kier molecular flexibility index (Phi) is 6.54. The Balaban J connectivity index is 0. The zero-order valence-electron chi connectivity index (χ0n) is 5.07. The lowest BCUT2D eigenvalue weighted by Gasteiger charge is -1.79. The number of aliphatic hydroxyl groups is 1. The molecular formula is C4H9Cl2N3O. The number of hydrogen-bond donors (Lipinski definition) is 3. The summed E-state index contributed by atoms with van der Waals surface area (Å²) < 4.78 is 0. The molecule has 0 bridgehead atoms. The number of nitrogens with zero attached hydrogens (tertiary/aromatic N) is 1. The van der Waals surface area contributed by atoms with E-state index >= 15 is 0 Å². The molecule has 0 spiro atoms. The van der Waals surface area contributed by atoms with Crippen molar-refractivity contribution in [2.75, 3.05) is 5.73 Å². The van der Waals surface area contributed by atoms with Crippen molar-refractivity contribution in [2.24, 2.45) is 0 Å². The van der Waals surface area contributed by atoms with Crippen LogP contribution in [0.1, 0.15) is 5.69 Å². The zero-order valence-corrected chi connectivity index (χ0v) is 6.71. The van der Waals surface area contributed by atoms with Gasteiger partial charge in [-0.15, -0.1) is 24.8 Å². The fourth-order valence-electron chi connectivity index (χ4n) is 0.460. The number of nitrogen functional groups attached to an aromatic ring is 1. The summed E-state index contributed by atoms with van der Waals surface area (Å²) >= 11 is 0. The lowest BCUT2D eigenvalue weighted by Crippen LogP contribution is -1.81. The molecule has 0 aliphatic heterocycles. The van der Waals surface area contributed by atoms with Crippen molar-refractivity contribution in [3.63, 3.8) is 0 Å². The van der Waals surface area contributed by atoms with Crippen molar-refractivity contribution < 1.29 is 5.11 Å². The first kappa shape index (κ1) is 12.2. The van der Waals surface area contributed by atoms with Crippen LogP contribution in [0.5, 0.6) is 0 Å². The number of H-pyrrole nitrogens is 1. The third kappa shape index (κ3) is 2.91. The first-order chi connectivity index (χ1) is 3.83. The van der Waals surface area contributed by atoms with Gasteiger partial charge in [0.1, 0.15) is 5.82 Å². The minimum absolute atomic E-state index is 0. The molecule has 0 aliphatic carbocycles. The largest absolute Gasteiger partial charge is 0.390 e. The minimum Gasteiger partial charge on any atom is -0.390 e. The van der Waals surface area contributed by atoms with Crippen molar-refractivity contribution in [1.29, 1.82) is 0 Å². The van der Waals surface area contributed by atoms with Gasteiger partial charge < -0.3 is 10.8 Å². The summed E-state index contributed by atoms with van der Waals surface area (Å²) in [4.78, 5) is 0. The minimum atomic E-state index is -0.0375. The van der Waals surface area contributed by atoms with Gasteiger partial charge in [-0.05, 0) is 0 Å². The van der Waals surface area contributed by atoms with Crippen LogP contribution in [0.4, 0.5) is 5.82 Å². The monoisotopic (exact) mass is 185 g/mol. The van der Waals surface area contributed by atoms with Gasteiger partial charge in [0.05, 0.1) is 12.3 Å². The SMILES string of the molecule is Cl.Cl.Nc1cc(CO)[nH]n1. The van der Waals surface area contributed by atoms with Gasteiger partial charge in [0.2, 0.25) is 0 Å². The van der Waals surface area contributed by atoms with Gasteiger partial charge in [0.25, 0.3) is 0 Å². The molecule has 0 fully saturated rings. The molecule has 1 aromatic heterocycles. The predicted octanol–water partition coefficient (Wildman–Crippen LogP) is 0.328. The van der Waals surface area contributed by atoms with E-state index < -0.39 is 0 Å². The van der Waals surface area contributed by atoms with Crippen molar-refractivity contribution >= 4 is 30.6 Å². The number of aromatic amines is 1. The molecule has 6 heteroatoms.